The first kappa shape index (κ1) is 18.6. The molecule has 0 spiro atoms. The number of hydrogen-bond donors (Lipinski definition) is 0. The van der Waals surface area contributed by atoms with Gasteiger partial charge in [0.15, 0.2) is 0 Å². The molecule has 0 radical (unpaired) electrons. The van der Waals surface area contributed by atoms with E-state index in [1.807, 2.05) is 57.2 Å². The molecule has 0 bridgehead atoms. The summed E-state index contributed by atoms with van der Waals surface area (Å²) in [5, 5.41) is 0. The quantitative estimate of drug-likeness (QED) is 0.554. The van der Waals surface area contributed by atoms with Crippen LogP contribution in [0.5, 0.6) is 0 Å². The van der Waals surface area contributed by atoms with Gasteiger partial charge in [-0.25, -0.2) is 4.21 Å². The van der Waals surface area contributed by atoms with Crippen molar-refractivity contribution in [2.45, 2.75) is 38.5 Å². The van der Waals surface area contributed by atoms with E-state index in [1.165, 1.54) is 5.56 Å². The van der Waals surface area contributed by atoms with E-state index < -0.39 is 11.0 Å². The van der Waals surface area contributed by atoms with Crippen LogP contribution in [0.2, 0.25) is 0 Å². The van der Waals surface area contributed by atoms with Gasteiger partial charge in [0.25, 0.3) is 0 Å². The van der Waals surface area contributed by atoms with Gasteiger partial charge in [-0.2, -0.15) is 4.40 Å². The third kappa shape index (κ3) is 6.02. The van der Waals surface area contributed by atoms with Gasteiger partial charge in [-0.1, -0.05) is 54.6 Å². The van der Waals surface area contributed by atoms with Gasteiger partial charge >= 0.3 is 0 Å². The van der Waals surface area contributed by atoms with Gasteiger partial charge in [0.2, 0.25) is 0 Å². The predicted molar refractivity (Wildman–Crippen MR) is 102 cm³/mol. The Morgan fingerprint density at radius 3 is 2.42 bits per heavy atom. The molecule has 0 heterocycles. The van der Waals surface area contributed by atoms with Crippen molar-refractivity contribution in [2.75, 3.05) is 6.61 Å². The van der Waals surface area contributed by atoms with Crippen LogP contribution in [0.3, 0.4) is 0 Å². The molecule has 0 aliphatic rings. The number of benzene rings is 2. The predicted octanol–water partition coefficient (Wildman–Crippen LogP) is 4.33. The molecule has 3 nitrogen and oxygen atoms in total. The molecule has 0 aliphatic heterocycles. The van der Waals surface area contributed by atoms with Crippen molar-refractivity contribution in [3.05, 3.63) is 71.3 Å². The molecule has 0 N–H and O–H groups in total. The molecule has 4 heteroatoms. The zero-order valence-corrected chi connectivity index (χ0v) is 15.4. The van der Waals surface area contributed by atoms with E-state index in [-0.39, 0.29) is 4.75 Å². The molecule has 2 rings (SSSR count). The van der Waals surface area contributed by atoms with Crippen LogP contribution < -0.4 is 0 Å². The molecular formula is C20H25NO2S. The van der Waals surface area contributed by atoms with Crippen molar-refractivity contribution in [1.82, 2.24) is 0 Å². The first-order chi connectivity index (χ1) is 11.5. The van der Waals surface area contributed by atoms with Crippen LogP contribution in [0, 0.1) is 0 Å². The monoisotopic (exact) mass is 343 g/mol. The first-order valence-corrected chi connectivity index (χ1v) is 9.23. The van der Waals surface area contributed by atoms with Gasteiger partial charge in [0.1, 0.15) is 11.0 Å². The SMILES string of the molecule is CC(C)(C)S(=O)N=Cc1ccccc1CCOCc1ccccc1. The van der Waals surface area contributed by atoms with Crippen molar-refractivity contribution >= 4 is 17.2 Å². The highest BCUT2D eigenvalue weighted by atomic mass is 32.2. The topological polar surface area (TPSA) is 38.7 Å². The lowest BCUT2D eigenvalue weighted by Gasteiger charge is -2.13. The smallest absolute Gasteiger partial charge is 0.144 e. The minimum atomic E-state index is -1.24. The second-order valence-electron chi connectivity index (χ2n) is 6.58. The fourth-order valence-corrected chi connectivity index (χ4v) is 2.62. The fourth-order valence-electron chi connectivity index (χ4n) is 2.10. The second kappa shape index (κ2) is 8.90. The van der Waals surface area contributed by atoms with Crippen LogP contribution in [0.25, 0.3) is 0 Å². The molecule has 0 amide bonds. The van der Waals surface area contributed by atoms with Crippen LogP contribution in [-0.4, -0.2) is 21.8 Å². The lowest BCUT2D eigenvalue weighted by molar-refractivity contribution is 0.124. The Labute approximate surface area is 147 Å². The van der Waals surface area contributed by atoms with E-state index in [2.05, 4.69) is 22.6 Å². The van der Waals surface area contributed by atoms with Gasteiger partial charge in [-0.15, -0.1) is 0 Å². The number of rotatable bonds is 7. The lowest BCUT2D eigenvalue weighted by atomic mass is 10.1. The molecule has 1 atom stereocenters. The van der Waals surface area contributed by atoms with Gasteiger partial charge < -0.3 is 4.74 Å². The molecule has 2 aromatic rings. The molecule has 2 aromatic carbocycles. The van der Waals surface area contributed by atoms with Crippen molar-refractivity contribution in [1.29, 1.82) is 0 Å². The van der Waals surface area contributed by atoms with Crippen LogP contribution in [0.4, 0.5) is 0 Å². The van der Waals surface area contributed by atoms with Crippen LogP contribution in [-0.2, 0) is 28.8 Å². The first-order valence-electron chi connectivity index (χ1n) is 8.12. The number of ether oxygens (including phenoxy) is 1. The zero-order valence-electron chi connectivity index (χ0n) is 14.6. The Bertz CT molecular complexity index is 690. The molecule has 24 heavy (non-hydrogen) atoms. The van der Waals surface area contributed by atoms with Crippen molar-refractivity contribution < 1.29 is 8.95 Å². The Morgan fingerprint density at radius 1 is 1.04 bits per heavy atom. The highest BCUT2D eigenvalue weighted by Gasteiger charge is 2.18. The highest BCUT2D eigenvalue weighted by molar-refractivity contribution is 7.85. The van der Waals surface area contributed by atoms with E-state index in [0.29, 0.717) is 13.2 Å². The largest absolute Gasteiger partial charge is 0.376 e. The molecule has 128 valence electrons. The van der Waals surface area contributed by atoms with Gasteiger partial charge in [-0.3, -0.25) is 0 Å². The summed E-state index contributed by atoms with van der Waals surface area (Å²) in [6.45, 7) is 7.02. The maximum Gasteiger partial charge on any atom is 0.144 e. The summed E-state index contributed by atoms with van der Waals surface area (Å²) >= 11 is 0. The van der Waals surface area contributed by atoms with Crippen LogP contribution in [0.15, 0.2) is 59.0 Å². The van der Waals surface area contributed by atoms with Gasteiger partial charge in [0, 0.05) is 6.21 Å². The maximum atomic E-state index is 12.1. The molecule has 0 saturated heterocycles. The fraction of sp³-hybridized carbons (Fsp3) is 0.350. The number of nitrogens with zero attached hydrogens (tertiary/aromatic N) is 1. The highest BCUT2D eigenvalue weighted by Crippen LogP contribution is 2.14. The molecule has 0 fully saturated rings. The Hall–Kier alpha value is -1.78. The minimum Gasteiger partial charge on any atom is -0.376 e. The molecule has 0 saturated carbocycles. The molecule has 0 aromatic heterocycles. The number of hydrogen-bond acceptors (Lipinski definition) is 2. The molecular weight excluding hydrogens is 318 g/mol. The Morgan fingerprint density at radius 2 is 1.71 bits per heavy atom. The third-order valence-electron chi connectivity index (χ3n) is 3.49. The summed E-state index contributed by atoms with van der Waals surface area (Å²) in [5.41, 5.74) is 3.33. The summed E-state index contributed by atoms with van der Waals surface area (Å²) in [4.78, 5) is 0. The van der Waals surface area contributed by atoms with E-state index in [9.17, 15) is 4.21 Å². The van der Waals surface area contributed by atoms with E-state index in [1.54, 1.807) is 6.21 Å². The summed E-state index contributed by atoms with van der Waals surface area (Å²) in [6.07, 6.45) is 2.52. The normalized spacial score (nSPS) is 13.3. The summed E-state index contributed by atoms with van der Waals surface area (Å²) in [7, 11) is -1.24. The van der Waals surface area contributed by atoms with E-state index >= 15 is 0 Å². The lowest BCUT2D eigenvalue weighted by Crippen LogP contribution is -2.19. The van der Waals surface area contributed by atoms with Crippen molar-refractivity contribution in [3.63, 3.8) is 0 Å². The summed E-state index contributed by atoms with van der Waals surface area (Å²) < 4.78 is 21.7. The molecule has 0 aliphatic carbocycles. The molecule has 1 unspecified atom stereocenters. The van der Waals surface area contributed by atoms with E-state index in [4.69, 9.17) is 4.74 Å². The van der Waals surface area contributed by atoms with E-state index in [0.717, 1.165) is 17.5 Å². The van der Waals surface area contributed by atoms with Crippen LogP contribution >= 0.6 is 0 Å². The van der Waals surface area contributed by atoms with Gasteiger partial charge in [-0.05, 0) is 43.9 Å². The Balaban J connectivity index is 1.91. The van der Waals surface area contributed by atoms with Crippen molar-refractivity contribution in [2.24, 2.45) is 4.40 Å². The minimum absolute atomic E-state index is 0.343. The summed E-state index contributed by atoms with van der Waals surface area (Å²) in [5.74, 6) is 0. The van der Waals surface area contributed by atoms with Gasteiger partial charge in [0.05, 0.1) is 18.0 Å². The average molecular weight is 343 g/mol. The average Bonchev–Trinajstić information content (AvgIpc) is 2.57. The standard InChI is InChI=1S/C20H25NO2S/c1-20(2,3)24(22)21-15-19-12-8-7-11-18(19)13-14-23-16-17-9-5-4-6-10-17/h4-12,15H,13-14,16H2,1-3H3. The maximum absolute atomic E-state index is 12.1. The van der Waals surface area contributed by atoms with Crippen LogP contribution in [0.1, 0.15) is 37.5 Å². The third-order valence-corrected chi connectivity index (χ3v) is 4.84. The Kier molecular flexibility index (Phi) is 6.88. The summed E-state index contributed by atoms with van der Waals surface area (Å²) in [6, 6.07) is 18.2. The van der Waals surface area contributed by atoms with Crippen molar-refractivity contribution in [3.8, 4) is 0 Å². The second-order valence-corrected chi connectivity index (χ2v) is 8.52. The zero-order chi connectivity index (χ0) is 17.4.